The lowest BCUT2D eigenvalue weighted by atomic mass is 10.3. The molecule has 0 amide bonds. The third-order valence-corrected chi connectivity index (χ3v) is 5.94. The van der Waals surface area contributed by atoms with E-state index in [4.69, 9.17) is 4.74 Å². The van der Waals surface area contributed by atoms with Crippen molar-refractivity contribution in [2.24, 2.45) is 0 Å². The summed E-state index contributed by atoms with van der Waals surface area (Å²) in [6.45, 7) is 5.54. The molecule has 0 radical (unpaired) electrons. The minimum atomic E-state index is -4.10. The van der Waals surface area contributed by atoms with E-state index in [9.17, 15) is 17.2 Å². The monoisotopic (exact) mass is 471 g/mol. The van der Waals surface area contributed by atoms with Crippen molar-refractivity contribution in [2.75, 3.05) is 4.72 Å². The molecule has 0 spiro atoms. The lowest BCUT2D eigenvalue weighted by Gasteiger charge is -2.11. The van der Waals surface area contributed by atoms with Crippen molar-refractivity contribution >= 4 is 15.7 Å². The van der Waals surface area contributed by atoms with Gasteiger partial charge in [-0.2, -0.15) is 10.1 Å². The third-order valence-electron chi connectivity index (χ3n) is 4.56. The zero-order valence-electron chi connectivity index (χ0n) is 17.9. The molecular formula is C22H19F2N5O3S. The fraction of sp³-hybridized carbons (Fsp3) is 0.136. The van der Waals surface area contributed by atoms with Crippen LogP contribution in [0.15, 0.2) is 59.5 Å². The van der Waals surface area contributed by atoms with Gasteiger partial charge >= 0.3 is 0 Å². The van der Waals surface area contributed by atoms with E-state index in [1.54, 1.807) is 29.8 Å². The van der Waals surface area contributed by atoms with Crippen LogP contribution in [0.3, 0.4) is 0 Å². The van der Waals surface area contributed by atoms with Crippen molar-refractivity contribution in [2.45, 2.75) is 25.7 Å². The van der Waals surface area contributed by atoms with Crippen LogP contribution in [0.4, 0.5) is 14.5 Å². The maximum Gasteiger partial charge on any atom is 0.261 e. The van der Waals surface area contributed by atoms with Crippen LogP contribution < -0.4 is 9.46 Å². The third kappa shape index (κ3) is 4.98. The zero-order chi connectivity index (χ0) is 23.8. The Balaban J connectivity index is 1.52. The molecule has 2 aromatic carbocycles. The minimum Gasteiger partial charge on any atom is -0.439 e. The van der Waals surface area contributed by atoms with Crippen molar-refractivity contribution in [3.8, 4) is 17.4 Å². The molecule has 1 N–H and O–H groups in total. The number of hydrogen-bond acceptors (Lipinski definition) is 6. The van der Waals surface area contributed by atoms with E-state index in [0.29, 0.717) is 29.3 Å². The maximum atomic E-state index is 13.4. The summed E-state index contributed by atoms with van der Waals surface area (Å²) in [6, 6.07) is 12.0. The second-order valence-electron chi connectivity index (χ2n) is 7.26. The Hall–Kier alpha value is -3.86. The van der Waals surface area contributed by atoms with E-state index in [0.717, 1.165) is 23.5 Å². The van der Waals surface area contributed by atoms with Crippen LogP contribution in [0, 0.1) is 32.4 Å². The fourth-order valence-corrected chi connectivity index (χ4v) is 4.19. The molecule has 0 saturated heterocycles. The van der Waals surface area contributed by atoms with E-state index >= 15 is 0 Å². The molecule has 2 aromatic heterocycles. The molecular weight excluding hydrogens is 452 g/mol. The van der Waals surface area contributed by atoms with Crippen LogP contribution in [-0.2, 0) is 10.0 Å². The summed E-state index contributed by atoms with van der Waals surface area (Å²) in [5, 5.41) is 4.41. The molecule has 0 aliphatic rings. The molecule has 4 aromatic rings. The quantitative estimate of drug-likeness (QED) is 0.446. The van der Waals surface area contributed by atoms with E-state index in [2.05, 4.69) is 19.8 Å². The van der Waals surface area contributed by atoms with Crippen molar-refractivity contribution in [3.05, 3.63) is 83.4 Å². The van der Waals surface area contributed by atoms with Crippen LogP contribution in [-0.4, -0.2) is 28.2 Å². The van der Waals surface area contributed by atoms with Gasteiger partial charge in [-0.3, -0.25) is 4.72 Å². The Morgan fingerprint density at radius 3 is 2.27 bits per heavy atom. The summed E-state index contributed by atoms with van der Waals surface area (Å²) in [4.78, 5) is 8.28. The Morgan fingerprint density at radius 2 is 1.64 bits per heavy atom. The Morgan fingerprint density at radius 1 is 0.909 bits per heavy atom. The van der Waals surface area contributed by atoms with Crippen LogP contribution in [0.1, 0.15) is 17.2 Å². The molecule has 0 saturated carbocycles. The Kier molecular flexibility index (Phi) is 5.81. The Bertz CT molecular complexity index is 1440. The van der Waals surface area contributed by atoms with E-state index < -0.39 is 26.6 Å². The number of hydrogen-bond donors (Lipinski definition) is 1. The summed E-state index contributed by atoms with van der Waals surface area (Å²) >= 11 is 0. The number of nitrogens with zero attached hydrogens (tertiary/aromatic N) is 4. The van der Waals surface area contributed by atoms with Gasteiger partial charge in [0.2, 0.25) is 5.88 Å². The van der Waals surface area contributed by atoms with Crippen LogP contribution >= 0.6 is 0 Å². The molecule has 33 heavy (non-hydrogen) atoms. The highest BCUT2D eigenvalue weighted by molar-refractivity contribution is 7.92. The number of nitrogens with one attached hydrogen (secondary N) is 1. The average molecular weight is 471 g/mol. The first-order chi connectivity index (χ1) is 15.6. The molecule has 11 heteroatoms. The van der Waals surface area contributed by atoms with Gasteiger partial charge < -0.3 is 4.74 Å². The second-order valence-corrected chi connectivity index (χ2v) is 8.94. The van der Waals surface area contributed by atoms with Crippen molar-refractivity contribution in [1.29, 1.82) is 0 Å². The summed E-state index contributed by atoms with van der Waals surface area (Å²) in [5.74, 6) is -0.633. The normalized spacial score (nSPS) is 11.4. The van der Waals surface area contributed by atoms with Gasteiger partial charge in [0.15, 0.2) is 17.5 Å². The van der Waals surface area contributed by atoms with Gasteiger partial charge in [-0.05, 0) is 69.3 Å². The summed E-state index contributed by atoms with van der Waals surface area (Å²) in [5.41, 5.74) is 1.98. The predicted octanol–water partition coefficient (Wildman–Crippen LogP) is 4.46. The standard InChI is InChI=1S/C22H19F2N5O3S/c1-13-10-14(2)29(27-13)21-12-22(26-15(3)25-21)32-17-6-4-16(5-7-17)28-33(30,31)18-8-9-19(23)20(24)11-18/h4-12,28H,1-3H3. The van der Waals surface area contributed by atoms with Gasteiger partial charge in [-0.1, -0.05) is 0 Å². The first-order valence-electron chi connectivity index (χ1n) is 9.76. The number of rotatable bonds is 6. The zero-order valence-corrected chi connectivity index (χ0v) is 18.7. The highest BCUT2D eigenvalue weighted by Crippen LogP contribution is 2.25. The first kappa shape index (κ1) is 22.3. The molecule has 170 valence electrons. The number of aromatic nitrogens is 4. The molecule has 4 rings (SSSR count). The number of aryl methyl sites for hydroxylation is 3. The number of sulfonamides is 1. The van der Waals surface area contributed by atoms with Gasteiger partial charge in [0.25, 0.3) is 10.0 Å². The molecule has 0 aliphatic heterocycles. The minimum absolute atomic E-state index is 0.217. The summed E-state index contributed by atoms with van der Waals surface area (Å²) < 4.78 is 61.1. The molecule has 0 fully saturated rings. The molecule has 8 nitrogen and oxygen atoms in total. The van der Waals surface area contributed by atoms with Gasteiger partial charge in [0.05, 0.1) is 10.6 Å². The predicted molar refractivity (Wildman–Crippen MR) is 117 cm³/mol. The summed E-state index contributed by atoms with van der Waals surface area (Å²) in [6.07, 6.45) is 0. The largest absolute Gasteiger partial charge is 0.439 e. The SMILES string of the molecule is Cc1cc(C)n(-c2cc(Oc3ccc(NS(=O)(=O)c4ccc(F)c(F)c4)cc3)nc(C)n2)n1. The number of benzene rings is 2. The van der Waals surface area contributed by atoms with E-state index in [-0.39, 0.29) is 5.69 Å². The number of anilines is 1. The van der Waals surface area contributed by atoms with Crippen LogP contribution in [0.25, 0.3) is 5.82 Å². The van der Waals surface area contributed by atoms with Gasteiger partial charge in [0, 0.05) is 17.4 Å². The van der Waals surface area contributed by atoms with E-state index in [1.807, 2.05) is 19.9 Å². The lowest BCUT2D eigenvalue weighted by Crippen LogP contribution is -2.13. The molecule has 0 aliphatic carbocycles. The fourth-order valence-electron chi connectivity index (χ4n) is 3.12. The second kappa shape index (κ2) is 8.58. The molecule has 0 unspecified atom stereocenters. The van der Waals surface area contributed by atoms with Crippen LogP contribution in [0.5, 0.6) is 11.6 Å². The van der Waals surface area contributed by atoms with Crippen molar-refractivity contribution in [1.82, 2.24) is 19.7 Å². The Labute approximate surface area is 188 Å². The van der Waals surface area contributed by atoms with Gasteiger partial charge in [-0.15, -0.1) is 0 Å². The van der Waals surface area contributed by atoms with E-state index in [1.165, 1.54) is 12.1 Å². The highest BCUT2D eigenvalue weighted by Gasteiger charge is 2.17. The number of ether oxygens (including phenoxy) is 1. The summed E-state index contributed by atoms with van der Waals surface area (Å²) in [7, 11) is -4.10. The van der Waals surface area contributed by atoms with Crippen LogP contribution in [0.2, 0.25) is 0 Å². The average Bonchev–Trinajstić information content (AvgIpc) is 3.09. The van der Waals surface area contributed by atoms with Gasteiger partial charge in [0.1, 0.15) is 11.6 Å². The molecule has 0 atom stereocenters. The smallest absolute Gasteiger partial charge is 0.261 e. The topological polar surface area (TPSA) is 99.0 Å². The maximum absolute atomic E-state index is 13.4. The van der Waals surface area contributed by atoms with Crippen molar-refractivity contribution < 1.29 is 21.9 Å². The molecule has 2 heterocycles. The lowest BCUT2D eigenvalue weighted by molar-refractivity contribution is 0.459. The first-order valence-corrected chi connectivity index (χ1v) is 11.2. The molecule has 0 bridgehead atoms. The van der Waals surface area contributed by atoms with Crippen molar-refractivity contribution in [3.63, 3.8) is 0 Å². The van der Waals surface area contributed by atoms with Gasteiger partial charge in [-0.25, -0.2) is 26.9 Å². The number of halogens is 2. The highest BCUT2D eigenvalue weighted by atomic mass is 32.2.